The average molecular weight is 402 g/mol. The summed E-state index contributed by atoms with van der Waals surface area (Å²) in [6, 6.07) is 0.0893. The van der Waals surface area contributed by atoms with Crippen LogP contribution >= 0.6 is 15.9 Å². The Bertz CT molecular complexity index is 462. The summed E-state index contributed by atoms with van der Waals surface area (Å²) in [6.45, 7) is 9.76. The first-order valence-electron chi connectivity index (χ1n) is 8.85. The van der Waals surface area contributed by atoms with Crippen molar-refractivity contribution in [2.24, 2.45) is 17.3 Å². The molecule has 0 saturated heterocycles. The molecule has 24 heavy (non-hydrogen) atoms. The molecular weight excluding hydrogens is 370 g/mol. The van der Waals surface area contributed by atoms with E-state index >= 15 is 0 Å². The molecule has 1 aliphatic carbocycles. The van der Waals surface area contributed by atoms with Crippen molar-refractivity contribution in [2.75, 3.05) is 7.11 Å². The van der Waals surface area contributed by atoms with E-state index in [0.29, 0.717) is 18.3 Å². The van der Waals surface area contributed by atoms with E-state index in [1.807, 2.05) is 13.8 Å². The molecule has 4 atom stereocenters. The quantitative estimate of drug-likeness (QED) is 0.359. The van der Waals surface area contributed by atoms with E-state index in [2.05, 4.69) is 29.8 Å². The number of rotatable bonds is 7. The number of carbonyl (C=O) groups excluding carboxylic acids is 2. The van der Waals surface area contributed by atoms with E-state index in [4.69, 9.17) is 11.8 Å². The Hall–Kier alpha value is -0.580. The van der Waals surface area contributed by atoms with Crippen LogP contribution in [0.5, 0.6) is 0 Å². The average Bonchev–Trinajstić information content (AvgIpc) is 2.94. The van der Waals surface area contributed by atoms with E-state index in [1.165, 1.54) is 12.0 Å². The molecule has 1 saturated carbocycles. The number of amides is 1. The smallest absolute Gasteiger partial charge is 0.322 e. The molecule has 1 rings (SSSR count). The van der Waals surface area contributed by atoms with Crippen LogP contribution in [0.4, 0.5) is 0 Å². The number of carbonyl (C=O) groups is 2. The fourth-order valence-corrected chi connectivity index (χ4v) is 4.88. The Balaban J connectivity index is 2.88. The molecule has 5 heteroatoms. The summed E-state index contributed by atoms with van der Waals surface area (Å²) < 4.78 is 3.91. The molecule has 1 fully saturated rings. The van der Waals surface area contributed by atoms with Gasteiger partial charge >= 0.3 is 5.97 Å². The van der Waals surface area contributed by atoms with Gasteiger partial charge in [0.25, 0.3) is 0 Å². The van der Waals surface area contributed by atoms with Crippen LogP contribution in [0, 0.1) is 24.3 Å². The summed E-state index contributed by atoms with van der Waals surface area (Å²) in [6.07, 6.45) is 4.58. The molecule has 0 N–H and O–H groups in total. The first-order chi connectivity index (χ1) is 11.0. The molecule has 1 aliphatic rings. The van der Waals surface area contributed by atoms with Crippen molar-refractivity contribution in [3.05, 3.63) is 7.05 Å². The lowest BCUT2D eigenvalue weighted by molar-refractivity contribution is -0.146. The molecule has 0 spiro atoms. The van der Waals surface area contributed by atoms with E-state index in [9.17, 15) is 9.59 Å². The Morgan fingerprint density at radius 2 is 1.79 bits per heavy atom. The fraction of sp³-hybridized carbons (Fsp3) is 0.842. The van der Waals surface area contributed by atoms with Gasteiger partial charge in [-0.3, -0.25) is 9.59 Å². The lowest BCUT2D eigenvalue weighted by Gasteiger charge is -2.37. The molecule has 0 aliphatic heterocycles. The van der Waals surface area contributed by atoms with Gasteiger partial charge in [0.2, 0.25) is 5.91 Å². The van der Waals surface area contributed by atoms with Crippen LogP contribution in [0.25, 0.3) is 0 Å². The number of ether oxygens (including phenoxy) is 1. The highest BCUT2D eigenvalue weighted by molar-refractivity contribution is 9.10. The third-order valence-electron chi connectivity index (χ3n) is 5.41. The number of hydrogen-bond donors (Lipinski definition) is 0. The highest BCUT2D eigenvalue weighted by atomic mass is 79.9. The normalized spacial score (nSPS) is 26.8. The first-order valence-corrected chi connectivity index (χ1v) is 9.65. The summed E-state index contributed by atoms with van der Waals surface area (Å²) in [5.74, 6) is 0.594. The summed E-state index contributed by atoms with van der Waals surface area (Å²) >= 11 is 3.40. The Morgan fingerprint density at radius 3 is 2.25 bits per heavy atom. The molecule has 0 aromatic rings. The predicted molar refractivity (Wildman–Crippen MR) is 99.5 cm³/mol. The van der Waals surface area contributed by atoms with Crippen LogP contribution in [0.15, 0.2) is 0 Å². The molecule has 0 bridgehead atoms. The summed E-state index contributed by atoms with van der Waals surface area (Å²) in [7, 11) is 7.62. The molecule has 0 aromatic carbocycles. The highest BCUT2D eigenvalue weighted by Gasteiger charge is 2.45. The maximum Gasteiger partial charge on any atom is 0.322 e. The van der Waals surface area contributed by atoms with Crippen LogP contribution in [-0.2, 0) is 14.3 Å². The van der Waals surface area contributed by atoms with E-state index in [1.54, 1.807) is 6.92 Å². The Labute approximate surface area is 155 Å². The zero-order valence-corrected chi connectivity index (χ0v) is 17.5. The maximum absolute atomic E-state index is 13.0. The SMILES string of the molecule is [CH]N(C(=O)C(C)(C)CC(C)(Br)C(=O)OC)C1CC(CC)CC1CC. The number of halogens is 1. The maximum atomic E-state index is 13.0. The number of hydrogen-bond acceptors (Lipinski definition) is 3. The van der Waals surface area contributed by atoms with Gasteiger partial charge in [-0.2, -0.15) is 0 Å². The largest absolute Gasteiger partial charge is 0.468 e. The van der Waals surface area contributed by atoms with Gasteiger partial charge in [0.15, 0.2) is 0 Å². The van der Waals surface area contributed by atoms with Gasteiger partial charge < -0.3 is 9.64 Å². The van der Waals surface area contributed by atoms with Crippen molar-refractivity contribution in [1.82, 2.24) is 4.90 Å². The van der Waals surface area contributed by atoms with Crippen molar-refractivity contribution in [3.63, 3.8) is 0 Å². The molecule has 138 valence electrons. The van der Waals surface area contributed by atoms with Crippen molar-refractivity contribution in [1.29, 1.82) is 0 Å². The van der Waals surface area contributed by atoms with Crippen molar-refractivity contribution < 1.29 is 14.3 Å². The van der Waals surface area contributed by atoms with Gasteiger partial charge in [-0.15, -0.1) is 0 Å². The van der Waals surface area contributed by atoms with E-state index < -0.39 is 9.74 Å². The topological polar surface area (TPSA) is 46.6 Å². The molecule has 1 amide bonds. The number of alkyl halides is 1. The minimum Gasteiger partial charge on any atom is -0.468 e. The third-order valence-corrected chi connectivity index (χ3v) is 6.02. The number of nitrogens with zero attached hydrogens (tertiary/aromatic N) is 1. The van der Waals surface area contributed by atoms with Gasteiger partial charge in [0, 0.05) is 11.5 Å². The van der Waals surface area contributed by atoms with Gasteiger partial charge in [0.1, 0.15) is 4.32 Å². The number of esters is 1. The third kappa shape index (κ3) is 4.74. The second-order valence-corrected chi connectivity index (χ2v) is 9.69. The lowest BCUT2D eigenvalue weighted by atomic mass is 9.81. The second-order valence-electron chi connectivity index (χ2n) is 7.94. The zero-order valence-electron chi connectivity index (χ0n) is 15.9. The lowest BCUT2D eigenvalue weighted by Crippen LogP contribution is -2.47. The molecule has 0 aromatic heterocycles. The predicted octanol–water partition coefficient (Wildman–Crippen LogP) is 4.44. The minimum atomic E-state index is -0.909. The first kappa shape index (κ1) is 21.5. The highest BCUT2D eigenvalue weighted by Crippen LogP contribution is 2.41. The fourth-order valence-electron chi connectivity index (χ4n) is 4.02. The van der Waals surface area contributed by atoms with Gasteiger partial charge in [-0.1, -0.05) is 56.5 Å². The minimum absolute atomic E-state index is 0.0893. The van der Waals surface area contributed by atoms with Gasteiger partial charge in [0.05, 0.1) is 14.2 Å². The molecular formula is C19H32BrNO3. The van der Waals surface area contributed by atoms with Crippen LogP contribution < -0.4 is 0 Å². The van der Waals surface area contributed by atoms with Crippen LogP contribution in [0.1, 0.15) is 66.7 Å². The molecule has 4 nitrogen and oxygen atoms in total. The van der Waals surface area contributed by atoms with Crippen molar-refractivity contribution in [2.45, 2.75) is 77.1 Å². The Kier molecular flexibility index (Phi) is 7.33. The monoisotopic (exact) mass is 401 g/mol. The van der Waals surface area contributed by atoms with E-state index in [-0.39, 0.29) is 17.9 Å². The Morgan fingerprint density at radius 1 is 1.21 bits per heavy atom. The second kappa shape index (κ2) is 8.20. The van der Waals surface area contributed by atoms with Gasteiger partial charge in [-0.25, -0.2) is 0 Å². The summed E-state index contributed by atoms with van der Waals surface area (Å²) in [5.41, 5.74) is -0.760. The van der Waals surface area contributed by atoms with Gasteiger partial charge in [-0.05, 0) is 38.0 Å². The summed E-state index contributed by atoms with van der Waals surface area (Å²) in [5, 5.41) is 0. The molecule has 0 heterocycles. The van der Waals surface area contributed by atoms with E-state index in [0.717, 1.165) is 25.7 Å². The summed E-state index contributed by atoms with van der Waals surface area (Å²) in [4.78, 5) is 26.4. The van der Waals surface area contributed by atoms with Crippen molar-refractivity contribution >= 4 is 27.8 Å². The van der Waals surface area contributed by atoms with Crippen LogP contribution in [0.3, 0.4) is 0 Å². The van der Waals surface area contributed by atoms with Crippen LogP contribution in [0.2, 0.25) is 0 Å². The van der Waals surface area contributed by atoms with Crippen molar-refractivity contribution in [3.8, 4) is 0 Å². The molecule has 4 unspecified atom stereocenters. The number of methoxy groups -OCH3 is 1. The standard InChI is InChI=1S/C19H32BrNO3/c1-8-13-10-14(9-2)15(11-13)21(6)16(22)18(3,4)12-19(5,20)17(23)24-7/h6,13-15H,8-12H2,1-5,7H3. The molecule has 2 radical (unpaired) electrons. The van der Waals surface area contributed by atoms with Crippen LogP contribution in [-0.4, -0.2) is 34.3 Å². The zero-order chi connectivity index (χ0) is 18.7.